The van der Waals surface area contributed by atoms with Crippen molar-refractivity contribution >= 4 is 23.1 Å². The fourth-order valence-corrected chi connectivity index (χ4v) is 3.51. The largest absolute Gasteiger partial charge is 0.478 e. The Labute approximate surface area is 134 Å². The maximum absolute atomic E-state index is 11.4. The van der Waals surface area contributed by atoms with E-state index in [0.29, 0.717) is 29.0 Å². The first kappa shape index (κ1) is 14.1. The fourth-order valence-electron chi connectivity index (χ4n) is 3.35. The molecule has 3 aliphatic carbocycles. The average Bonchev–Trinajstić information content (AvgIpc) is 3.39. The lowest BCUT2D eigenvalue weighted by atomic mass is 9.84. The van der Waals surface area contributed by atoms with Crippen LogP contribution in [0, 0.1) is 5.41 Å². The quantitative estimate of drug-likeness (QED) is 0.876. The lowest BCUT2D eigenvalue weighted by molar-refractivity contribution is -0.147. The summed E-state index contributed by atoms with van der Waals surface area (Å²) in [5.74, 6) is -0.265. The summed E-state index contributed by atoms with van der Waals surface area (Å²) < 4.78 is 5.88. The number of ether oxygens (including phenoxy) is 1. The van der Waals surface area contributed by atoms with E-state index in [1.54, 1.807) is 6.07 Å². The van der Waals surface area contributed by atoms with Crippen molar-refractivity contribution in [2.75, 3.05) is 0 Å². The third kappa shape index (κ3) is 2.41. The number of hydrogen-bond donors (Lipinski definition) is 1. The molecule has 0 heterocycles. The van der Waals surface area contributed by atoms with Gasteiger partial charge in [-0.3, -0.25) is 0 Å². The van der Waals surface area contributed by atoms with Gasteiger partial charge in [-0.05, 0) is 61.3 Å². The zero-order valence-corrected chi connectivity index (χ0v) is 13.2. The van der Waals surface area contributed by atoms with Gasteiger partial charge in [-0.25, -0.2) is 4.79 Å². The molecule has 116 valence electrons. The number of halogens is 1. The number of aliphatic carboxylic acids is 1. The van der Waals surface area contributed by atoms with Crippen molar-refractivity contribution in [2.24, 2.45) is 5.41 Å². The minimum Gasteiger partial charge on any atom is -0.478 e. The molecule has 22 heavy (non-hydrogen) atoms. The Morgan fingerprint density at radius 1 is 1.18 bits per heavy atom. The van der Waals surface area contributed by atoms with Crippen LogP contribution < -0.4 is 4.74 Å². The molecule has 0 saturated heterocycles. The third-order valence-corrected chi connectivity index (χ3v) is 5.59. The molecule has 0 radical (unpaired) electrons. The molecule has 3 aliphatic rings. The molecule has 4 heteroatoms. The van der Waals surface area contributed by atoms with E-state index in [9.17, 15) is 9.90 Å². The van der Waals surface area contributed by atoms with Gasteiger partial charge in [0.2, 0.25) is 5.60 Å². The Bertz CT molecular complexity index is 669. The highest BCUT2D eigenvalue weighted by molar-refractivity contribution is 6.30. The second kappa shape index (κ2) is 4.76. The molecule has 0 aromatic heterocycles. The van der Waals surface area contributed by atoms with E-state index in [0.717, 1.165) is 18.4 Å². The van der Waals surface area contributed by atoms with Crippen molar-refractivity contribution in [2.45, 2.75) is 50.5 Å². The molecule has 0 atom stereocenters. The average molecular weight is 319 g/mol. The van der Waals surface area contributed by atoms with Gasteiger partial charge in [-0.1, -0.05) is 17.7 Å². The minimum atomic E-state index is -1.04. The fraction of sp³-hybridized carbons (Fsp3) is 0.500. The summed E-state index contributed by atoms with van der Waals surface area (Å²) in [6.45, 7) is 0. The van der Waals surface area contributed by atoms with Gasteiger partial charge in [0.05, 0.1) is 0 Å². The maximum atomic E-state index is 11.4. The number of benzene rings is 1. The Balaban J connectivity index is 1.65. The van der Waals surface area contributed by atoms with Gasteiger partial charge in [-0.15, -0.1) is 0 Å². The van der Waals surface area contributed by atoms with Crippen LogP contribution in [-0.2, 0) is 4.79 Å². The highest BCUT2D eigenvalue weighted by Crippen LogP contribution is 2.57. The zero-order valence-electron chi connectivity index (χ0n) is 12.4. The van der Waals surface area contributed by atoms with Crippen molar-refractivity contribution in [3.05, 3.63) is 34.9 Å². The molecule has 4 rings (SSSR count). The SMILES string of the molecule is O=C(O)C1(Oc2cc(Cl)ccc2C2=CCC3(CC2)CC3)CC1. The molecular weight excluding hydrogens is 300 g/mol. The first-order valence-corrected chi connectivity index (χ1v) is 8.31. The number of hydrogen-bond acceptors (Lipinski definition) is 2. The first-order valence-electron chi connectivity index (χ1n) is 7.93. The topological polar surface area (TPSA) is 46.5 Å². The summed E-state index contributed by atoms with van der Waals surface area (Å²) in [6.07, 6.45) is 9.54. The predicted molar refractivity (Wildman–Crippen MR) is 85.2 cm³/mol. The second-order valence-corrected chi connectivity index (χ2v) is 7.41. The molecule has 1 N–H and O–H groups in total. The lowest BCUT2D eigenvalue weighted by Gasteiger charge is -2.24. The summed E-state index contributed by atoms with van der Waals surface area (Å²) in [6, 6.07) is 5.57. The molecule has 3 nitrogen and oxygen atoms in total. The lowest BCUT2D eigenvalue weighted by Crippen LogP contribution is -2.29. The second-order valence-electron chi connectivity index (χ2n) is 6.98. The van der Waals surface area contributed by atoms with Crippen LogP contribution >= 0.6 is 11.6 Å². The number of allylic oxidation sites excluding steroid dienone is 2. The van der Waals surface area contributed by atoms with Gasteiger partial charge in [-0.2, -0.15) is 0 Å². The summed E-state index contributed by atoms with van der Waals surface area (Å²) in [7, 11) is 0. The summed E-state index contributed by atoms with van der Waals surface area (Å²) in [5, 5.41) is 9.92. The number of carboxylic acid groups (broad SMARTS) is 1. The maximum Gasteiger partial charge on any atom is 0.348 e. The van der Waals surface area contributed by atoms with Gasteiger partial charge in [0, 0.05) is 23.4 Å². The van der Waals surface area contributed by atoms with Crippen LogP contribution in [0.15, 0.2) is 24.3 Å². The van der Waals surface area contributed by atoms with E-state index < -0.39 is 11.6 Å². The van der Waals surface area contributed by atoms with Gasteiger partial charge in [0.1, 0.15) is 5.75 Å². The molecule has 0 bridgehead atoms. The van der Waals surface area contributed by atoms with Crippen LogP contribution in [0.1, 0.15) is 50.5 Å². The minimum absolute atomic E-state index is 0.566. The molecule has 2 saturated carbocycles. The van der Waals surface area contributed by atoms with Crippen molar-refractivity contribution in [1.82, 2.24) is 0 Å². The van der Waals surface area contributed by atoms with Crippen molar-refractivity contribution in [3.63, 3.8) is 0 Å². The molecule has 0 unspecified atom stereocenters. The number of rotatable bonds is 4. The highest BCUT2D eigenvalue weighted by Gasteiger charge is 2.54. The van der Waals surface area contributed by atoms with Crippen LogP contribution in [0.2, 0.25) is 5.02 Å². The van der Waals surface area contributed by atoms with Crippen LogP contribution in [0.3, 0.4) is 0 Å². The Kier molecular flexibility index (Phi) is 3.06. The van der Waals surface area contributed by atoms with Crippen LogP contribution in [0.5, 0.6) is 5.75 Å². The summed E-state index contributed by atoms with van der Waals surface area (Å²) >= 11 is 6.09. The highest BCUT2D eigenvalue weighted by atomic mass is 35.5. The van der Waals surface area contributed by atoms with Crippen molar-refractivity contribution < 1.29 is 14.6 Å². The van der Waals surface area contributed by atoms with Gasteiger partial charge < -0.3 is 9.84 Å². The van der Waals surface area contributed by atoms with E-state index in [-0.39, 0.29) is 0 Å². The molecular formula is C18H19ClO3. The van der Waals surface area contributed by atoms with E-state index in [1.165, 1.54) is 24.8 Å². The van der Waals surface area contributed by atoms with Crippen LogP contribution in [0.25, 0.3) is 5.57 Å². The van der Waals surface area contributed by atoms with Crippen LogP contribution in [0.4, 0.5) is 0 Å². The van der Waals surface area contributed by atoms with E-state index in [4.69, 9.17) is 16.3 Å². The van der Waals surface area contributed by atoms with Crippen molar-refractivity contribution in [1.29, 1.82) is 0 Å². The normalized spacial score (nSPS) is 23.8. The van der Waals surface area contributed by atoms with Gasteiger partial charge in [0.25, 0.3) is 0 Å². The predicted octanol–water partition coefficient (Wildman–Crippen LogP) is 4.68. The number of carbonyl (C=O) groups is 1. The monoisotopic (exact) mass is 318 g/mol. The Hall–Kier alpha value is -1.48. The van der Waals surface area contributed by atoms with Crippen LogP contribution in [-0.4, -0.2) is 16.7 Å². The molecule has 1 aromatic rings. The van der Waals surface area contributed by atoms with E-state index in [2.05, 4.69) is 6.08 Å². The standard InChI is InChI=1S/C18H19ClO3/c19-13-1-2-14(12-3-5-17(6-4-12)7-8-17)15(11-13)22-18(9-10-18)16(20)21/h1-3,11H,4-10H2,(H,20,21). The zero-order chi connectivity index (χ0) is 15.4. The number of carboxylic acids is 1. The molecule has 1 spiro atoms. The summed E-state index contributed by atoms with van der Waals surface area (Å²) in [4.78, 5) is 11.4. The van der Waals surface area contributed by atoms with Gasteiger partial charge >= 0.3 is 5.97 Å². The smallest absolute Gasteiger partial charge is 0.348 e. The summed E-state index contributed by atoms with van der Waals surface area (Å²) in [5.41, 5.74) is 1.82. The van der Waals surface area contributed by atoms with E-state index >= 15 is 0 Å². The Morgan fingerprint density at radius 2 is 1.95 bits per heavy atom. The third-order valence-electron chi connectivity index (χ3n) is 5.35. The molecule has 0 amide bonds. The first-order chi connectivity index (χ1) is 10.5. The Morgan fingerprint density at radius 3 is 2.50 bits per heavy atom. The molecule has 1 aromatic carbocycles. The van der Waals surface area contributed by atoms with Gasteiger partial charge in [0.15, 0.2) is 0 Å². The molecule has 2 fully saturated rings. The van der Waals surface area contributed by atoms with Crippen molar-refractivity contribution in [3.8, 4) is 5.75 Å². The molecule has 0 aliphatic heterocycles. The van der Waals surface area contributed by atoms with E-state index in [1.807, 2.05) is 12.1 Å².